The molecule has 0 atom stereocenters. The van der Waals surface area contributed by atoms with E-state index in [-0.39, 0.29) is 133 Å². The van der Waals surface area contributed by atoms with Crippen LogP contribution in [0.3, 0.4) is 0 Å². The van der Waals surface area contributed by atoms with Gasteiger partial charge in [0.2, 0.25) is 0 Å². The summed E-state index contributed by atoms with van der Waals surface area (Å²) in [5.74, 6) is -2.80. The first-order valence-corrected chi connectivity index (χ1v) is 15.6. The molecule has 0 amide bonds. The molecule has 3 rings (SSSR count). The smallest absolute Gasteiger partial charge is 0.744 e. The van der Waals surface area contributed by atoms with Crippen LogP contribution >= 0.6 is 0 Å². The number of hydrogen-bond donors (Lipinski definition) is 1. The van der Waals surface area contributed by atoms with Crippen LogP contribution < -0.4 is 123 Å². The molecule has 20 heteroatoms. The van der Waals surface area contributed by atoms with E-state index >= 15 is 0 Å². The van der Waals surface area contributed by atoms with E-state index in [2.05, 4.69) is 19.7 Å². The van der Waals surface area contributed by atoms with Gasteiger partial charge in [0.15, 0.2) is 0 Å². The Morgan fingerprint density at radius 3 is 1.40 bits per heavy atom. The van der Waals surface area contributed by atoms with Gasteiger partial charge in [-0.1, -0.05) is 80.4 Å². The van der Waals surface area contributed by atoms with Crippen molar-refractivity contribution in [2.45, 2.75) is 14.7 Å². The average Bonchev–Trinajstić information content (AvgIpc) is 2.96. The molecular formula is C28H24Na4O13S3. The Kier molecular flexibility index (Phi) is 33.0. The molecule has 48 heavy (non-hydrogen) atoms. The van der Waals surface area contributed by atoms with Gasteiger partial charge in [0.1, 0.15) is 30.4 Å². The molecule has 0 saturated heterocycles. The minimum atomic E-state index is -4.37. The molecule has 13 nitrogen and oxygen atoms in total. The largest absolute Gasteiger partial charge is 1.00 e. The first-order valence-electron chi connectivity index (χ1n) is 11.4. The molecule has 1 N–H and O–H groups in total. The maximum atomic E-state index is 10.6. The average molecular weight is 757 g/mol. The molecule has 0 saturated carbocycles. The standard InChI is InChI=1S/3C8H8O3S.C4H4O4.4Na/c1-2-7-3-5-8(6-4-7)12(9,10)11;1-2-7-4-3-5-8(6-7)12(9,10)11;1-2-7-5-3-4-6-8(7)12(9,10)11;5-3(6)1-2-4(7)8;;;;/h3*2-6H,1H2,(H,9,10,11);1-2H,(H,5,6)(H,7,8);;;;/q;;;;4*+1/p-4/b;;;2-1+;;;;. The van der Waals surface area contributed by atoms with Crippen LogP contribution in [0.15, 0.2) is 119 Å². The fraction of sp³-hybridized carbons (Fsp3) is 0. The minimum absolute atomic E-state index is 0. The molecule has 0 aliphatic heterocycles. The molecule has 0 spiro atoms. The summed E-state index contributed by atoms with van der Waals surface area (Å²) >= 11 is 0. The van der Waals surface area contributed by atoms with Gasteiger partial charge in [-0.25, -0.2) is 30.0 Å². The van der Waals surface area contributed by atoms with Gasteiger partial charge in [-0.15, -0.1) is 0 Å². The summed E-state index contributed by atoms with van der Waals surface area (Å²) in [6.45, 7) is 10.4. The van der Waals surface area contributed by atoms with Gasteiger partial charge >= 0.3 is 124 Å². The quantitative estimate of drug-likeness (QED) is 0.128. The molecule has 236 valence electrons. The molecule has 3 aromatic rings. The molecule has 0 heterocycles. The number of carbonyl (C=O) groups excluding carboxylic acids is 1. The van der Waals surface area contributed by atoms with E-state index in [0.717, 1.165) is 5.56 Å². The van der Waals surface area contributed by atoms with Crippen molar-refractivity contribution in [2.75, 3.05) is 0 Å². The maximum Gasteiger partial charge on any atom is 1.00 e. The van der Waals surface area contributed by atoms with Gasteiger partial charge in [-0.05, 0) is 53.1 Å². The summed E-state index contributed by atoms with van der Waals surface area (Å²) in [5, 5.41) is 17.2. The topological polar surface area (TPSA) is 249 Å². The van der Waals surface area contributed by atoms with E-state index in [1.807, 2.05) is 0 Å². The van der Waals surface area contributed by atoms with Crippen LogP contribution in [0.1, 0.15) is 16.7 Å². The Balaban J connectivity index is -0.000000168. The Labute approximate surface area is 368 Å². The normalized spacial score (nSPS) is 9.90. The molecule has 0 aliphatic rings. The van der Waals surface area contributed by atoms with E-state index in [1.54, 1.807) is 18.2 Å². The summed E-state index contributed by atoms with van der Waals surface area (Å²) in [6, 6.07) is 17.2. The van der Waals surface area contributed by atoms with Crippen molar-refractivity contribution in [1.29, 1.82) is 0 Å². The van der Waals surface area contributed by atoms with Gasteiger partial charge in [0.25, 0.3) is 0 Å². The van der Waals surface area contributed by atoms with Crippen LogP contribution in [0.2, 0.25) is 0 Å². The number of carboxylic acid groups (broad SMARTS) is 2. The van der Waals surface area contributed by atoms with Gasteiger partial charge in [-0.3, -0.25) is 0 Å². The van der Waals surface area contributed by atoms with Crippen molar-refractivity contribution in [3.05, 3.63) is 121 Å². The number of aliphatic carboxylic acids is 2. The van der Waals surface area contributed by atoms with Crippen molar-refractivity contribution in [3.8, 4) is 0 Å². The second-order valence-electron chi connectivity index (χ2n) is 7.64. The van der Waals surface area contributed by atoms with Crippen LogP contribution in [0, 0.1) is 0 Å². The van der Waals surface area contributed by atoms with Gasteiger partial charge in [-0.2, -0.15) is 0 Å². The van der Waals surface area contributed by atoms with Crippen LogP contribution in [-0.2, 0) is 39.9 Å². The van der Waals surface area contributed by atoms with E-state index in [1.165, 1.54) is 72.8 Å². The van der Waals surface area contributed by atoms with Crippen molar-refractivity contribution >= 4 is 60.5 Å². The van der Waals surface area contributed by atoms with Crippen LogP contribution in [0.5, 0.6) is 0 Å². The zero-order valence-corrected chi connectivity index (χ0v) is 37.0. The van der Waals surface area contributed by atoms with Crippen LogP contribution in [0.25, 0.3) is 18.2 Å². The predicted octanol–water partition coefficient (Wildman–Crippen LogP) is -9.91. The molecule has 0 aliphatic carbocycles. The van der Waals surface area contributed by atoms with Crippen molar-refractivity contribution in [2.24, 2.45) is 0 Å². The second kappa shape index (κ2) is 27.9. The number of rotatable bonds is 8. The molecular weight excluding hydrogens is 732 g/mol. The summed E-state index contributed by atoms with van der Waals surface area (Å²) < 4.78 is 94.7. The van der Waals surface area contributed by atoms with Gasteiger partial charge in [0.05, 0.1) is 20.7 Å². The van der Waals surface area contributed by atoms with E-state index in [9.17, 15) is 53.6 Å². The molecule has 0 fully saturated rings. The monoisotopic (exact) mass is 756 g/mol. The fourth-order valence-corrected chi connectivity index (χ4v) is 4.26. The first kappa shape index (κ1) is 56.7. The summed E-state index contributed by atoms with van der Waals surface area (Å²) in [4.78, 5) is 18.3. The number of hydrogen-bond acceptors (Lipinski definition) is 12. The summed E-state index contributed by atoms with van der Waals surface area (Å²) in [5.41, 5.74) is 1.74. The minimum Gasteiger partial charge on any atom is -0.744 e. The molecule has 0 aromatic heterocycles. The third-order valence-corrected chi connectivity index (χ3v) is 7.15. The van der Waals surface area contributed by atoms with Crippen molar-refractivity contribution in [3.63, 3.8) is 0 Å². The first-order chi connectivity index (χ1) is 20.3. The fourth-order valence-electron chi connectivity index (χ4n) is 2.58. The Morgan fingerprint density at radius 2 is 1.06 bits per heavy atom. The van der Waals surface area contributed by atoms with Crippen molar-refractivity contribution in [1.82, 2.24) is 0 Å². The molecule has 3 aromatic carbocycles. The molecule has 0 radical (unpaired) electrons. The van der Waals surface area contributed by atoms with Crippen LogP contribution in [-0.4, -0.2) is 56.0 Å². The third-order valence-electron chi connectivity index (χ3n) is 4.56. The third kappa shape index (κ3) is 25.3. The Bertz CT molecular complexity index is 1830. The number of carbonyl (C=O) groups is 2. The number of carboxylic acids is 2. The second-order valence-corrected chi connectivity index (χ2v) is 11.8. The maximum absolute atomic E-state index is 10.6. The summed E-state index contributed by atoms with van der Waals surface area (Å²) in [7, 11) is -13.0. The Morgan fingerprint density at radius 1 is 0.583 bits per heavy atom. The van der Waals surface area contributed by atoms with Gasteiger partial charge in [0, 0.05) is 6.08 Å². The van der Waals surface area contributed by atoms with Gasteiger partial charge < -0.3 is 28.7 Å². The van der Waals surface area contributed by atoms with Crippen molar-refractivity contribution < 1.29 is 177 Å². The predicted molar refractivity (Wildman–Crippen MR) is 155 cm³/mol. The zero-order valence-electron chi connectivity index (χ0n) is 26.5. The van der Waals surface area contributed by atoms with E-state index < -0.39 is 42.3 Å². The van der Waals surface area contributed by atoms with Crippen LogP contribution in [0.4, 0.5) is 0 Å². The molecule has 0 bridgehead atoms. The molecule has 0 unspecified atom stereocenters. The van der Waals surface area contributed by atoms with E-state index in [4.69, 9.17) is 5.11 Å². The SMILES string of the molecule is C=Cc1ccc(S(=O)(=O)[O-])cc1.C=Cc1cccc(S(=O)(=O)[O-])c1.C=Cc1ccccc1S(=O)(=O)[O-].O=C([O-])/C=C/C(=O)O.[Na+].[Na+].[Na+].[Na+]. The Hall–Kier alpha value is -0.710. The summed E-state index contributed by atoms with van der Waals surface area (Å²) in [6.07, 6.45) is 5.33. The number of benzene rings is 3. The van der Waals surface area contributed by atoms with E-state index in [0.29, 0.717) is 23.3 Å². The zero-order chi connectivity index (χ0) is 34.1.